The fourth-order valence-electron chi connectivity index (χ4n) is 3.83. The van der Waals surface area contributed by atoms with Crippen molar-refractivity contribution in [1.82, 2.24) is 10.2 Å². The van der Waals surface area contributed by atoms with Crippen LogP contribution in [0.15, 0.2) is 55.1 Å². The van der Waals surface area contributed by atoms with E-state index in [1.54, 1.807) is 6.92 Å². The number of unbranched alkanes of at least 4 members (excludes halogenated alkanes) is 1. The van der Waals surface area contributed by atoms with Crippen LogP contribution in [0.5, 0.6) is 0 Å². The van der Waals surface area contributed by atoms with E-state index >= 15 is 0 Å². The maximum absolute atomic E-state index is 10.6. The van der Waals surface area contributed by atoms with Gasteiger partial charge in [0.15, 0.2) is 0 Å². The van der Waals surface area contributed by atoms with Crippen molar-refractivity contribution in [2.24, 2.45) is 11.8 Å². The monoisotopic (exact) mass is 564 g/mol. The van der Waals surface area contributed by atoms with E-state index in [9.17, 15) is 9.59 Å². The third-order valence-electron chi connectivity index (χ3n) is 7.15. The predicted octanol–water partition coefficient (Wildman–Crippen LogP) is 9.37. The van der Waals surface area contributed by atoms with Crippen molar-refractivity contribution in [2.45, 2.75) is 100 Å². The number of likely N-dealkylation sites (tertiary alicyclic amines) is 1. The first-order valence-corrected chi connectivity index (χ1v) is 15.9. The molecule has 2 aliphatic rings. The highest BCUT2D eigenvalue weighted by atomic mass is 16.2. The van der Waals surface area contributed by atoms with Crippen LogP contribution in [-0.4, -0.2) is 43.3 Å². The summed E-state index contributed by atoms with van der Waals surface area (Å²) in [6, 6.07) is 17.1. The number of Topliss-reactive ketones (excluding diaryl/α,β-unsaturated/α-hetero) is 1. The summed E-state index contributed by atoms with van der Waals surface area (Å²) in [4.78, 5) is 23.7. The van der Waals surface area contributed by atoms with Gasteiger partial charge in [0.25, 0.3) is 0 Å². The van der Waals surface area contributed by atoms with Gasteiger partial charge >= 0.3 is 0 Å². The van der Waals surface area contributed by atoms with Gasteiger partial charge in [0.05, 0.1) is 5.92 Å². The van der Waals surface area contributed by atoms with Crippen LogP contribution in [0.3, 0.4) is 0 Å². The maximum Gasteiger partial charge on any atom is 0.230 e. The lowest BCUT2D eigenvalue weighted by Crippen LogP contribution is -2.30. The molecule has 1 atom stereocenters. The Morgan fingerprint density at radius 3 is 1.73 bits per heavy atom. The second kappa shape index (κ2) is 22.9. The summed E-state index contributed by atoms with van der Waals surface area (Å²) in [6.45, 7) is 23.7. The fourth-order valence-corrected chi connectivity index (χ4v) is 3.83. The second-order valence-corrected chi connectivity index (χ2v) is 11.1. The molecule has 1 saturated heterocycles. The molecule has 2 aromatic rings. The van der Waals surface area contributed by atoms with Gasteiger partial charge in [-0.2, -0.15) is 0 Å². The van der Waals surface area contributed by atoms with Crippen molar-refractivity contribution in [3.8, 4) is 11.1 Å². The molecule has 4 nitrogen and oxygen atoms in total. The summed E-state index contributed by atoms with van der Waals surface area (Å²) in [7, 11) is 1.52. The first-order valence-electron chi connectivity index (χ1n) is 15.9. The Morgan fingerprint density at radius 2 is 1.39 bits per heavy atom. The third-order valence-corrected chi connectivity index (χ3v) is 7.15. The number of aryl methyl sites for hydroxylation is 1. The number of amides is 1. The average Bonchev–Trinajstić information content (AvgIpc) is 3.80. The van der Waals surface area contributed by atoms with Crippen molar-refractivity contribution < 1.29 is 9.59 Å². The molecular weight excluding hydrogens is 504 g/mol. The average molecular weight is 565 g/mol. The molecule has 1 saturated carbocycles. The summed E-state index contributed by atoms with van der Waals surface area (Å²) >= 11 is 0. The van der Waals surface area contributed by atoms with Crippen LogP contribution in [0.25, 0.3) is 16.7 Å². The van der Waals surface area contributed by atoms with E-state index in [0.29, 0.717) is 0 Å². The van der Waals surface area contributed by atoms with Crippen molar-refractivity contribution >= 4 is 17.3 Å². The standard InChI is InChI=1S/C16H16.C9H19N.C6H11NO2.C4H8.C2H6/c1-12(2)14-8-10-16(11-9-14)15-6-4-13(3)5-7-15;1-2-3-7-10-8-5-4-6-9-10;1-4(5(2)8)6(9)7-3;1-4-2-3-4;1-2/h4-11H,1H2,2-3H3;2-9H2,1H3;4H,1-3H3,(H,7,9);4H,2-3H2,1H3;1-2H3. The summed E-state index contributed by atoms with van der Waals surface area (Å²) in [5.74, 6) is 0.256. The maximum atomic E-state index is 10.6. The number of nitrogens with zero attached hydrogens (tertiary/aromatic N) is 1. The Labute approximate surface area is 253 Å². The highest BCUT2D eigenvalue weighted by Gasteiger charge is 2.14. The van der Waals surface area contributed by atoms with Gasteiger partial charge in [-0.1, -0.05) is 120 Å². The second-order valence-electron chi connectivity index (χ2n) is 11.1. The molecule has 0 radical (unpaired) electrons. The number of benzene rings is 2. The van der Waals surface area contributed by atoms with Gasteiger partial charge in [0, 0.05) is 7.05 Å². The smallest absolute Gasteiger partial charge is 0.230 e. The quantitative estimate of drug-likeness (QED) is 0.341. The zero-order chi connectivity index (χ0) is 31.2. The van der Waals surface area contributed by atoms with E-state index in [2.05, 4.69) is 86.1 Å². The summed E-state index contributed by atoms with van der Waals surface area (Å²) in [5, 5.41) is 2.39. The lowest BCUT2D eigenvalue weighted by molar-refractivity contribution is -0.131. The van der Waals surface area contributed by atoms with Gasteiger partial charge in [0.1, 0.15) is 5.78 Å². The Morgan fingerprint density at radius 1 is 0.927 bits per heavy atom. The van der Waals surface area contributed by atoms with Gasteiger partial charge < -0.3 is 10.2 Å². The lowest BCUT2D eigenvalue weighted by atomic mass is 10.0. The number of hydrogen-bond acceptors (Lipinski definition) is 3. The largest absolute Gasteiger partial charge is 0.359 e. The van der Waals surface area contributed by atoms with Gasteiger partial charge in [-0.15, -0.1) is 0 Å². The molecule has 0 spiro atoms. The molecule has 230 valence electrons. The van der Waals surface area contributed by atoms with Crippen LogP contribution in [-0.2, 0) is 9.59 Å². The Kier molecular flexibility index (Phi) is 21.4. The van der Waals surface area contributed by atoms with Crippen LogP contribution in [0.4, 0.5) is 0 Å². The van der Waals surface area contributed by atoms with Gasteiger partial charge in [-0.05, 0) is 89.2 Å². The molecule has 2 fully saturated rings. The van der Waals surface area contributed by atoms with Crippen LogP contribution in [0.1, 0.15) is 105 Å². The van der Waals surface area contributed by atoms with E-state index in [4.69, 9.17) is 0 Å². The Bertz CT molecular complexity index is 969. The lowest BCUT2D eigenvalue weighted by Gasteiger charge is -2.25. The molecule has 4 heteroatoms. The number of hydrogen-bond donors (Lipinski definition) is 1. The summed E-state index contributed by atoms with van der Waals surface area (Å²) in [5.41, 5.74) is 6.12. The summed E-state index contributed by atoms with van der Waals surface area (Å²) < 4.78 is 0. The molecule has 1 aliphatic carbocycles. The minimum atomic E-state index is -0.505. The van der Waals surface area contributed by atoms with E-state index < -0.39 is 5.92 Å². The highest BCUT2D eigenvalue weighted by Crippen LogP contribution is 2.26. The van der Waals surface area contributed by atoms with Gasteiger partial charge in [-0.3, -0.25) is 9.59 Å². The molecule has 1 heterocycles. The van der Waals surface area contributed by atoms with Crippen molar-refractivity contribution in [1.29, 1.82) is 0 Å². The first-order chi connectivity index (χ1) is 19.6. The number of carbonyl (C=O) groups is 2. The predicted molar refractivity (Wildman–Crippen MR) is 180 cm³/mol. The van der Waals surface area contributed by atoms with Gasteiger partial charge in [-0.25, -0.2) is 0 Å². The van der Waals surface area contributed by atoms with Crippen LogP contribution in [0, 0.1) is 18.8 Å². The molecule has 1 aliphatic heterocycles. The van der Waals surface area contributed by atoms with Crippen LogP contribution >= 0.6 is 0 Å². The molecular formula is C37H60N2O2. The first kappa shape index (κ1) is 38.3. The minimum absolute atomic E-state index is 0.102. The molecule has 4 rings (SSSR count). The normalized spacial score (nSPS) is 14.6. The van der Waals surface area contributed by atoms with E-state index in [1.807, 2.05) is 20.8 Å². The molecule has 2 aromatic carbocycles. The number of nitrogens with one attached hydrogen (secondary N) is 1. The molecule has 41 heavy (non-hydrogen) atoms. The van der Waals surface area contributed by atoms with Gasteiger partial charge in [0.2, 0.25) is 5.91 Å². The minimum Gasteiger partial charge on any atom is -0.359 e. The SMILES string of the molecule is C=C(C)c1ccc(-c2ccc(C)cc2)cc1.CC.CC1CC1.CCCCN1CCCCC1.CNC(=O)C(C)C(C)=O. The van der Waals surface area contributed by atoms with Crippen LogP contribution < -0.4 is 5.32 Å². The number of piperidine rings is 1. The van der Waals surface area contributed by atoms with Crippen molar-refractivity contribution in [3.05, 3.63) is 66.2 Å². The molecule has 1 amide bonds. The van der Waals surface area contributed by atoms with E-state index in [1.165, 1.54) is 101 Å². The topological polar surface area (TPSA) is 49.4 Å². The third kappa shape index (κ3) is 18.4. The van der Waals surface area contributed by atoms with E-state index in [0.717, 1.165) is 11.5 Å². The Hall–Kier alpha value is -2.72. The number of carbonyl (C=O) groups excluding carboxylic acids is 2. The molecule has 1 N–H and O–H groups in total. The fraction of sp³-hybridized carbons (Fsp3) is 0.568. The molecule has 0 aromatic heterocycles. The number of allylic oxidation sites excluding steroid dienone is 1. The summed E-state index contributed by atoms with van der Waals surface area (Å²) in [6.07, 6.45) is 10.0. The molecule has 0 bridgehead atoms. The number of rotatable bonds is 7. The van der Waals surface area contributed by atoms with E-state index in [-0.39, 0.29) is 11.7 Å². The van der Waals surface area contributed by atoms with Crippen LogP contribution in [0.2, 0.25) is 0 Å². The highest BCUT2D eigenvalue weighted by molar-refractivity contribution is 5.99. The molecule has 1 unspecified atom stereocenters. The zero-order valence-electron chi connectivity index (χ0n) is 27.8. The number of ketones is 1. The Balaban J connectivity index is 0.000000555. The zero-order valence-corrected chi connectivity index (χ0v) is 27.8. The van der Waals surface area contributed by atoms with Crippen molar-refractivity contribution in [2.75, 3.05) is 26.7 Å². The van der Waals surface area contributed by atoms with Crippen molar-refractivity contribution in [3.63, 3.8) is 0 Å².